The quantitative estimate of drug-likeness (QED) is 0.364. The molecule has 1 amide bonds. The molecule has 1 atom stereocenters. The molecule has 0 aliphatic carbocycles. The van der Waals surface area contributed by atoms with Crippen LogP contribution in [0.3, 0.4) is 0 Å². The molecule has 0 fully saturated rings. The van der Waals surface area contributed by atoms with Gasteiger partial charge in [-0.25, -0.2) is 0 Å². The van der Waals surface area contributed by atoms with E-state index < -0.39 is 0 Å². The fraction of sp³-hybridized carbons (Fsp3) is 0.536. The van der Waals surface area contributed by atoms with Gasteiger partial charge < -0.3 is 14.4 Å². The van der Waals surface area contributed by atoms with Crippen molar-refractivity contribution in [1.29, 1.82) is 0 Å². The fourth-order valence-corrected chi connectivity index (χ4v) is 3.93. The van der Waals surface area contributed by atoms with E-state index in [1.54, 1.807) is 0 Å². The third-order valence-electron chi connectivity index (χ3n) is 5.52. The van der Waals surface area contributed by atoms with Gasteiger partial charge in [0.05, 0.1) is 12.2 Å². The van der Waals surface area contributed by atoms with Crippen molar-refractivity contribution in [2.45, 2.75) is 86.0 Å². The third kappa shape index (κ3) is 8.22. The predicted octanol–water partition coefficient (Wildman–Crippen LogP) is 6.83. The highest BCUT2D eigenvalue weighted by molar-refractivity contribution is 5.75. The minimum atomic E-state index is 0.151. The highest BCUT2D eigenvalue weighted by Gasteiger charge is 2.20. The highest BCUT2D eigenvalue weighted by Crippen LogP contribution is 2.30. The SMILES string of the molecule is CCC(=O)N(CCC(c1ccc(OC(C)C)cc1)C(C)C)Cc1ccc(OC(C)C)cc1. The van der Waals surface area contributed by atoms with Gasteiger partial charge in [0.15, 0.2) is 0 Å². The minimum Gasteiger partial charge on any atom is -0.491 e. The van der Waals surface area contributed by atoms with Crippen LogP contribution in [-0.4, -0.2) is 29.6 Å². The Hall–Kier alpha value is -2.49. The highest BCUT2D eigenvalue weighted by atomic mass is 16.5. The summed E-state index contributed by atoms with van der Waals surface area (Å²) in [6, 6.07) is 16.5. The first-order valence-electron chi connectivity index (χ1n) is 12.0. The Morgan fingerprint density at radius 1 is 0.812 bits per heavy atom. The average Bonchev–Trinajstić information content (AvgIpc) is 2.73. The number of rotatable bonds is 12. The number of carbonyl (C=O) groups is 1. The number of nitrogens with zero attached hydrogens (tertiary/aromatic N) is 1. The van der Waals surface area contributed by atoms with Crippen LogP contribution in [0.1, 0.15) is 78.4 Å². The van der Waals surface area contributed by atoms with Crippen LogP contribution < -0.4 is 9.47 Å². The molecule has 0 aromatic heterocycles. The van der Waals surface area contributed by atoms with Gasteiger partial charge >= 0.3 is 0 Å². The lowest BCUT2D eigenvalue weighted by molar-refractivity contribution is -0.131. The minimum absolute atomic E-state index is 0.151. The predicted molar refractivity (Wildman–Crippen MR) is 132 cm³/mol. The normalized spacial score (nSPS) is 12.3. The Labute approximate surface area is 194 Å². The number of ether oxygens (including phenoxy) is 2. The Morgan fingerprint density at radius 3 is 1.75 bits per heavy atom. The van der Waals surface area contributed by atoms with Gasteiger partial charge in [-0.15, -0.1) is 0 Å². The summed E-state index contributed by atoms with van der Waals surface area (Å²) in [5.74, 6) is 2.83. The van der Waals surface area contributed by atoms with Crippen LogP contribution in [-0.2, 0) is 11.3 Å². The molecule has 0 bridgehead atoms. The van der Waals surface area contributed by atoms with Crippen LogP contribution in [0, 0.1) is 5.92 Å². The van der Waals surface area contributed by atoms with Crippen LogP contribution >= 0.6 is 0 Å². The first-order chi connectivity index (χ1) is 15.2. The molecule has 0 aliphatic rings. The molecule has 32 heavy (non-hydrogen) atoms. The molecule has 4 heteroatoms. The monoisotopic (exact) mass is 439 g/mol. The van der Waals surface area contributed by atoms with Crippen molar-refractivity contribution in [2.75, 3.05) is 6.54 Å². The molecule has 2 rings (SSSR count). The summed E-state index contributed by atoms with van der Waals surface area (Å²) in [5, 5.41) is 0. The molecule has 0 spiro atoms. The average molecular weight is 440 g/mol. The summed E-state index contributed by atoms with van der Waals surface area (Å²) in [4.78, 5) is 14.7. The lowest BCUT2D eigenvalue weighted by Crippen LogP contribution is -2.32. The summed E-state index contributed by atoms with van der Waals surface area (Å²) < 4.78 is 11.5. The Morgan fingerprint density at radius 2 is 1.31 bits per heavy atom. The van der Waals surface area contributed by atoms with E-state index in [-0.39, 0.29) is 18.1 Å². The Bertz CT molecular complexity index is 810. The summed E-state index contributed by atoms with van der Waals surface area (Å²) >= 11 is 0. The maximum absolute atomic E-state index is 12.7. The van der Waals surface area contributed by atoms with Crippen molar-refractivity contribution in [3.8, 4) is 11.5 Å². The number of benzene rings is 2. The molecular weight excluding hydrogens is 398 g/mol. The smallest absolute Gasteiger partial charge is 0.222 e. The topological polar surface area (TPSA) is 38.8 Å². The molecule has 0 heterocycles. The zero-order valence-corrected chi connectivity index (χ0v) is 20.9. The van der Waals surface area contributed by atoms with E-state index in [2.05, 4.69) is 50.2 Å². The van der Waals surface area contributed by atoms with E-state index in [4.69, 9.17) is 9.47 Å². The summed E-state index contributed by atoms with van der Waals surface area (Å²) in [6.45, 7) is 15.9. The van der Waals surface area contributed by atoms with Crippen LogP contribution in [0.5, 0.6) is 11.5 Å². The summed E-state index contributed by atoms with van der Waals surface area (Å²) in [7, 11) is 0. The lowest BCUT2D eigenvalue weighted by Gasteiger charge is -2.28. The third-order valence-corrected chi connectivity index (χ3v) is 5.52. The van der Waals surface area contributed by atoms with Crippen LogP contribution in [0.15, 0.2) is 48.5 Å². The lowest BCUT2D eigenvalue weighted by atomic mass is 9.85. The Balaban J connectivity index is 2.07. The zero-order valence-electron chi connectivity index (χ0n) is 20.9. The van der Waals surface area contributed by atoms with Crippen molar-refractivity contribution in [3.05, 3.63) is 59.7 Å². The number of hydrogen-bond acceptors (Lipinski definition) is 3. The van der Waals surface area contributed by atoms with Crippen molar-refractivity contribution in [1.82, 2.24) is 4.90 Å². The molecule has 0 saturated carbocycles. The van der Waals surface area contributed by atoms with Gasteiger partial charge in [0.1, 0.15) is 11.5 Å². The van der Waals surface area contributed by atoms with E-state index in [0.29, 0.717) is 24.8 Å². The molecule has 1 unspecified atom stereocenters. The van der Waals surface area contributed by atoms with Gasteiger partial charge in [0, 0.05) is 19.5 Å². The van der Waals surface area contributed by atoms with Gasteiger partial charge in [-0.05, 0) is 81.3 Å². The van der Waals surface area contributed by atoms with Gasteiger partial charge in [0.2, 0.25) is 5.91 Å². The largest absolute Gasteiger partial charge is 0.491 e. The second-order valence-corrected chi connectivity index (χ2v) is 9.35. The summed E-state index contributed by atoms with van der Waals surface area (Å²) in [6.07, 6.45) is 1.77. The number of carbonyl (C=O) groups excluding carboxylic acids is 1. The van der Waals surface area contributed by atoms with Crippen LogP contribution in [0.2, 0.25) is 0 Å². The Kier molecular flexibility index (Phi) is 10.1. The maximum Gasteiger partial charge on any atom is 0.222 e. The molecule has 2 aromatic rings. The number of hydrogen-bond donors (Lipinski definition) is 0. The molecule has 0 radical (unpaired) electrons. The first kappa shape index (κ1) is 25.8. The second-order valence-electron chi connectivity index (χ2n) is 9.35. The van der Waals surface area contributed by atoms with Gasteiger partial charge in [0.25, 0.3) is 0 Å². The van der Waals surface area contributed by atoms with Crippen molar-refractivity contribution < 1.29 is 14.3 Å². The zero-order chi connectivity index (χ0) is 23.7. The van der Waals surface area contributed by atoms with Crippen molar-refractivity contribution >= 4 is 5.91 Å². The van der Waals surface area contributed by atoms with Crippen LogP contribution in [0.25, 0.3) is 0 Å². The van der Waals surface area contributed by atoms with E-state index in [0.717, 1.165) is 30.0 Å². The van der Waals surface area contributed by atoms with Gasteiger partial charge in [-0.3, -0.25) is 4.79 Å². The first-order valence-corrected chi connectivity index (χ1v) is 12.0. The molecular formula is C28H41NO3. The van der Waals surface area contributed by atoms with Crippen molar-refractivity contribution in [2.24, 2.45) is 5.92 Å². The fourth-order valence-electron chi connectivity index (χ4n) is 3.93. The molecule has 2 aromatic carbocycles. The van der Waals surface area contributed by atoms with E-state index in [1.165, 1.54) is 5.56 Å². The van der Waals surface area contributed by atoms with E-state index in [1.807, 2.05) is 51.7 Å². The van der Waals surface area contributed by atoms with Gasteiger partial charge in [-0.1, -0.05) is 45.0 Å². The van der Waals surface area contributed by atoms with Gasteiger partial charge in [-0.2, -0.15) is 0 Å². The molecule has 176 valence electrons. The molecule has 0 aliphatic heterocycles. The molecule has 4 nitrogen and oxygen atoms in total. The summed E-state index contributed by atoms with van der Waals surface area (Å²) in [5.41, 5.74) is 2.43. The van der Waals surface area contributed by atoms with E-state index >= 15 is 0 Å². The van der Waals surface area contributed by atoms with Crippen LogP contribution in [0.4, 0.5) is 0 Å². The molecule has 0 saturated heterocycles. The van der Waals surface area contributed by atoms with E-state index in [9.17, 15) is 4.79 Å². The standard InChI is InChI=1S/C28H41NO3/c1-8-28(30)29(19-23-9-13-25(14-10-23)31-21(4)5)18-17-27(20(2)3)24-11-15-26(16-12-24)32-22(6)7/h9-16,20-22,27H,8,17-19H2,1-7H3. The number of amides is 1. The van der Waals surface area contributed by atoms with Crippen molar-refractivity contribution in [3.63, 3.8) is 0 Å². The second kappa shape index (κ2) is 12.5. The maximum atomic E-state index is 12.7. The molecule has 0 N–H and O–H groups in total.